The van der Waals surface area contributed by atoms with Crippen LogP contribution in [0.15, 0.2) is 24.3 Å². The third kappa shape index (κ3) is 4.41. The summed E-state index contributed by atoms with van der Waals surface area (Å²) in [4.78, 5) is 19.3. The number of halogens is 1. The zero-order chi connectivity index (χ0) is 19.0. The first kappa shape index (κ1) is 19.0. The fourth-order valence-corrected chi connectivity index (χ4v) is 6.15. The lowest BCUT2D eigenvalue weighted by molar-refractivity contribution is -0.135. The van der Waals surface area contributed by atoms with Crippen molar-refractivity contribution in [1.82, 2.24) is 9.80 Å². The van der Waals surface area contributed by atoms with Crippen LogP contribution in [0.25, 0.3) is 0 Å². The van der Waals surface area contributed by atoms with E-state index in [1.54, 1.807) is 0 Å². The van der Waals surface area contributed by atoms with Crippen LogP contribution in [0.5, 0.6) is 0 Å². The molecule has 0 spiro atoms. The molecule has 1 saturated carbocycles. The molecule has 2 saturated heterocycles. The minimum absolute atomic E-state index is 0.0887. The average Bonchev–Trinajstić information content (AvgIpc) is 3.39. The number of amides is 1. The van der Waals surface area contributed by atoms with Crippen LogP contribution in [0.1, 0.15) is 19.3 Å². The van der Waals surface area contributed by atoms with E-state index >= 15 is 0 Å². The second-order valence-corrected chi connectivity index (χ2v) is 10.4. The van der Waals surface area contributed by atoms with Gasteiger partial charge < -0.3 is 9.80 Å². The minimum Gasteiger partial charge on any atom is -0.368 e. The Morgan fingerprint density at radius 2 is 1.78 bits per heavy atom. The smallest absolute Gasteiger partial charge is 0.237 e. The maximum atomic E-state index is 13.0. The van der Waals surface area contributed by atoms with Gasteiger partial charge in [-0.05, 0) is 31.4 Å². The lowest BCUT2D eigenvalue weighted by Crippen LogP contribution is -2.52. The number of rotatable bonds is 5. The van der Waals surface area contributed by atoms with Gasteiger partial charge in [-0.3, -0.25) is 9.69 Å². The van der Waals surface area contributed by atoms with Crippen LogP contribution in [-0.2, 0) is 14.6 Å². The summed E-state index contributed by atoms with van der Waals surface area (Å²) >= 11 is 6.29. The van der Waals surface area contributed by atoms with E-state index in [4.69, 9.17) is 11.6 Å². The molecule has 2 heterocycles. The first-order chi connectivity index (χ1) is 12.9. The van der Waals surface area contributed by atoms with Gasteiger partial charge in [-0.15, -0.1) is 0 Å². The maximum Gasteiger partial charge on any atom is 0.237 e. The number of hydrogen-bond donors (Lipinski definition) is 0. The lowest BCUT2D eigenvalue weighted by Gasteiger charge is -2.37. The first-order valence-corrected chi connectivity index (χ1v) is 11.9. The van der Waals surface area contributed by atoms with Gasteiger partial charge in [0.25, 0.3) is 0 Å². The Morgan fingerprint density at radius 3 is 2.37 bits per heavy atom. The van der Waals surface area contributed by atoms with Crippen LogP contribution >= 0.6 is 11.6 Å². The number of carbonyl (C=O) groups is 1. The van der Waals surface area contributed by atoms with Crippen molar-refractivity contribution < 1.29 is 13.2 Å². The minimum atomic E-state index is -2.98. The van der Waals surface area contributed by atoms with Gasteiger partial charge in [0.1, 0.15) is 0 Å². The third-order valence-corrected chi connectivity index (χ3v) is 7.82. The number of hydrogen-bond acceptors (Lipinski definition) is 5. The van der Waals surface area contributed by atoms with Crippen molar-refractivity contribution >= 4 is 33.0 Å². The van der Waals surface area contributed by atoms with Gasteiger partial charge >= 0.3 is 0 Å². The van der Waals surface area contributed by atoms with Gasteiger partial charge in [0.2, 0.25) is 5.91 Å². The molecular weight excluding hydrogens is 386 g/mol. The Hall–Kier alpha value is -1.31. The zero-order valence-corrected chi connectivity index (χ0v) is 17.0. The molecule has 1 aromatic rings. The van der Waals surface area contributed by atoms with Crippen LogP contribution in [-0.4, -0.2) is 80.4 Å². The molecule has 0 bridgehead atoms. The van der Waals surface area contributed by atoms with Crippen molar-refractivity contribution in [2.75, 3.05) is 49.1 Å². The van der Waals surface area contributed by atoms with Crippen LogP contribution in [0.3, 0.4) is 0 Å². The van der Waals surface area contributed by atoms with Gasteiger partial charge in [-0.1, -0.05) is 23.7 Å². The summed E-state index contributed by atoms with van der Waals surface area (Å²) in [5.41, 5.74) is 1.04. The van der Waals surface area contributed by atoms with E-state index < -0.39 is 9.84 Å². The lowest BCUT2D eigenvalue weighted by atomic mass is 10.2. The Balaban J connectivity index is 1.34. The van der Waals surface area contributed by atoms with Crippen molar-refractivity contribution in [2.24, 2.45) is 0 Å². The van der Waals surface area contributed by atoms with Gasteiger partial charge in [0.15, 0.2) is 9.84 Å². The predicted molar refractivity (Wildman–Crippen MR) is 107 cm³/mol. The summed E-state index contributed by atoms with van der Waals surface area (Å²) < 4.78 is 23.7. The molecule has 1 aliphatic carbocycles. The fourth-order valence-electron chi connectivity index (χ4n) is 4.18. The molecule has 0 unspecified atom stereocenters. The highest BCUT2D eigenvalue weighted by atomic mass is 35.5. The average molecular weight is 412 g/mol. The Morgan fingerprint density at radius 1 is 1.07 bits per heavy atom. The maximum absolute atomic E-state index is 13.0. The second kappa shape index (κ2) is 7.60. The Bertz CT molecular complexity index is 804. The molecule has 6 nitrogen and oxygen atoms in total. The normalized spacial score (nSPS) is 25.5. The van der Waals surface area contributed by atoms with Crippen LogP contribution < -0.4 is 4.90 Å². The van der Waals surface area contributed by atoms with E-state index in [0.717, 1.165) is 49.7 Å². The molecule has 148 valence electrons. The molecule has 3 fully saturated rings. The molecule has 2 aliphatic heterocycles. The van der Waals surface area contributed by atoms with Crippen LogP contribution in [0.4, 0.5) is 5.69 Å². The standard InChI is InChI=1S/C19H26ClN3O3S/c20-17-3-1-2-4-18(17)22-10-8-21(9-11-22)13-19(24)23(15-5-6-15)16-7-12-27(25,26)14-16/h1-4,15-16H,5-14H2/t16-/m0/s1. The largest absolute Gasteiger partial charge is 0.368 e. The summed E-state index contributed by atoms with van der Waals surface area (Å²) in [6.45, 7) is 3.65. The van der Waals surface area contributed by atoms with E-state index in [1.807, 2.05) is 29.2 Å². The monoisotopic (exact) mass is 411 g/mol. The van der Waals surface area contributed by atoms with E-state index in [2.05, 4.69) is 9.80 Å². The predicted octanol–water partition coefficient (Wildman–Crippen LogP) is 1.64. The molecular formula is C19H26ClN3O3S. The molecule has 1 amide bonds. The topological polar surface area (TPSA) is 60.9 Å². The van der Waals surface area contributed by atoms with Crippen molar-refractivity contribution in [1.29, 1.82) is 0 Å². The molecule has 4 rings (SSSR count). The number of carbonyl (C=O) groups excluding carboxylic acids is 1. The van der Waals surface area contributed by atoms with E-state index in [-0.39, 0.29) is 29.5 Å². The SMILES string of the molecule is O=C(CN1CCN(c2ccccc2Cl)CC1)N(C1CC1)[C@H]1CCS(=O)(=O)C1. The van der Waals surface area contributed by atoms with Gasteiger partial charge in [0.05, 0.1) is 28.8 Å². The Kier molecular flexibility index (Phi) is 5.36. The number of sulfone groups is 1. The van der Waals surface area contributed by atoms with E-state index in [9.17, 15) is 13.2 Å². The van der Waals surface area contributed by atoms with Crippen LogP contribution in [0.2, 0.25) is 5.02 Å². The summed E-state index contributed by atoms with van der Waals surface area (Å²) in [6, 6.07) is 7.96. The summed E-state index contributed by atoms with van der Waals surface area (Å²) in [5.74, 6) is 0.436. The fraction of sp³-hybridized carbons (Fsp3) is 0.632. The van der Waals surface area contributed by atoms with Crippen molar-refractivity contribution in [3.05, 3.63) is 29.3 Å². The van der Waals surface area contributed by atoms with Crippen LogP contribution in [0, 0.1) is 0 Å². The van der Waals surface area contributed by atoms with E-state index in [1.165, 1.54) is 0 Å². The zero-order valence-electron chi connectivity index (χ0n) is 15.4. The van der Waals surface area contributed by atoms with Gasteiger partial charge in [0, 0.05) is 38.3 Å². The first-order valence-electron chi connectivity index (χ1n) is 9.66. The van der Waals surface area contributed by atoms with E-state index in [0.29, 0.717) is 13.0 Å². The number of piperazine rings is 1. The summed E-state index contributed by atoms with van der Waals surface area (Å²) in [7, 11) is -2.98. The molecule has 1 aromatic carbocycles. The molecule has 0 aromatic heterocycles. The molecule has 3 aliphatic rings. The second-order valence-electron chi connectivity index (χ2n) is 7.80. The van der Waals surface area contributed by atoms with Crippen molar-refractivity contribution in [3.63, 3.8) is 0 Å². The Labute approximate surface area is 166 Å². The number of anilines is 1. The summed E-state index contributed by atoms with van der Waals surface area (Å²) in [6.07, 6.45) is 2.59. The highest BCUT2D eigenvalue weighted by molar-refractivity contribution is 7.91. The van der Waals surface area contributed by atoms with Crippen molar-refractivity contribution in [3.8, 4) is 0 Å². The molecule has 8 heteroatoms. The summed E-state index contributed by atoms with van der Waals surface area (Å²) in [5, 5.41) is 0.754. The molecule has 0 N–H and O–H groups in total. The molecule has 1 atom stereocenters. The van der Waals surface area contributed by atoms with Gasteiger partial charge in [-0.2, -0.15) is 0 Å². The molecule has 0 radical (unpaired) electrons. The number of benzene rings is 1. The molecule has 27 heavy (non-hydrogen) atoms. The highest BCUT2D eigenvalue weighted by Gasteiger charge is 2.42. The quantitative estimate of drug-likeness (QED) is 0.737. The van der Waals surface area contributed by atoms with Crippen molar-refractivity contribution in [2.45, 2.75) is 31.3 Å². The van der Waals surface area contributed by atoms with Gasteiger partial charge in [-0.25, -0.2) is 8.42 Å². The number of para-hydroxylation sites is 1. The number of nitrogens with zero attached hydrogens (tertiary/aromatic N) is 3. The highest BCUT2D eigenvalue weighted by Crippen LogP contribution is 2.32. The third-order valence-electron chi connectivity index (χ3n) is 5.75.